The van der Waals surface area contributed by atoms with E-state index in [9.17, 15) is 4.79 Å². The van der Waals surface area contributed by atoms with Crippen molar-refractivity contribution in [2.24, 2.45) is 11.8 Å². The molecule has 0 bridgehead atoms. The van der Waals surface area contributed by atoms with E-state index in [1.165, 1.54) is 19.3 Å². The van der Waals surface area contributed by atoms with E-state index in [1.54, 1.807) is 0 Å². The number of aldehydes is 1. The van der Waals surface area contributed by atoms with Gasteiger partial charge in [-0.05, 0) is 24.7 Å². The van der Waals surface area contributed by atoms with Gasteiger partial charge < -0.3 is 4.79 Å². The summed E-state index contributed by atoms with van der Waals surface area (Å²) in [6.07, 6.45) is 6.69. The zero-order valence-electron chi connectivity index (χ0n) is 8.68. The molecule has 0 heterocycles. The Kier molecular flexibility index (Phi) is 7.12. The SMILES string of the molecule is CCC(CC)CC(C)CCC=O. The molecule has 1 heteroatoms. The molecule has 0 aromatic heterocycles. The first kappa shape index (κ1) is 11.7. The summed E-state index contributed by atoms with van der Waals surface area (Å²) >= 11 is 0. The lowest BCUT2D eigenvalue weighted by Gasteiger charge is -2.16. The monoisotopic (exact) mass is 170 g/mol. The van der Waals surface area contributed by atoms with Gasteiger partial charge in [-0.2, -0.15) is 0 Å². The second-order valence-electron chi connectivity index (χ2n) is 3.77. The summed E-state index contributed by atoms with van der Waals surface area (Å²) in [5, 5.41) is 0. The van der Waals surface area contributed by atoms with Crippen LogP contribution in [0, 0.1) is 11.8 Å². The highest BCUT2D eigenvalue weighted by molar-refractivity contribution is 5.49. The lowest BCUT2D eigenvalue weighted by molar-refractivity contribution is -0.108. The van der Waals surface area contributed by atoms with Gasteiger partial charge in [-0.15, -0.1) is 0 Å². The molecule has 0 aromatic rings. The molecule has 0 radical (unpaired) electrons. The molecular weight excluding hydrogens is 148 g/mol. The normalized spacial score (nSPS) is 13.3. The van der Waals surface area contributed by atoms with Crippen LogP contribution < -0.4 is 0 Å². The summed E-state index contributed by atoms with van der Waals surface area (Å²) in [6.45, 7) is 6.75. The second kappa shape index (κ2) is 7.33. The Morgan fingerprint density at radius 2 is 1.83 bits per heavy atom. The van der Waals surface area contributed by atoms with E-state index < -0.39 is 0 Å². The molecule has 72 valence electrons. The Bertz CT molecular complexity index is 106. The van der Waals surface area contributed by atoms with Gasteiger partial charge in [0.2, 0.25) is 0 Å². The van der Waals surface area contributed by atoms with Crippen LogP contribution in [-0.2, 0) is 4.79 Å². The molecule has 1 atom stereocenters. The Hall–Kier alpha value is -0.330. The molecule has 12 heavy (non-hydrogen) atoms. The first-order valence-electron chi connectivity index (χ1n) is 5.18. The second-order valence-corrected chi connectivity index (χ2v) is 3.77. The number of hydrogen-bond donors (Lipinski definition) is 0. The Morgan fingerprint density at radius 1 is 1.25 bits per heavy atom. The van der Waals surface area contributed by atoms with Gasteiger partial charge in [0.25, 0.3) is 0 Å². The zero-order valence-corrected chi connectivity index (χ0v) is 8.68. The van der Waals surface area contributed by atoms with Crippen molar-refractivity contribution in [1.29, 1.82) is 0 Å². The van der Waals surface area contributed by atoms with Crippen molar-refractivity contribution in [2.45, 2.75) is 52.9 Å². The summed E-state index contributed by atoms with van der Waals surface area (Å²) in [5.41, 5.74) is 0. The molecule has 0 amide bonds. The molecule has 0 aliphatic carbocycles. The summed E-state index contributed by atoms with van der Waals surface area (Å²) in [5.74, 6) is 1.59. The van der Waals surface area contributed by atoms with E-state index >= 15 is 0 Å². The van der Waals surface area contributed by atoms with Crippen LogP contribution >= 0.6 is 0 Å². The van der Waals surface area contributed by atoms with Crippen molar-refractivity contribution < 1.29 is 4.79 Å². The number of carbonyl (C=O) groups is 1. The maximum absolute atomic E-state index is 10.1. The number of rotatable bonds is 7. The predicted octanol–water partition coefficient (Wildman–Crippen LogP) is 3.43. The molecule has 0 saturated heterocycles. The summed E-state index contributed by atoms with van der Waals surface area (Å²) in [4.78, 5) is 10.1. The van der Waals surface area contributed by atoms with E-state index in [0.717, 1.165) is 31.0 Å². The largest absolute Gasteiger partial charge is 0.303 e. The molecule has 1 nitrogen and oxygen atoms in total. The third kappa shape index (κ3) is 5.34. The minimum Gasteiger partial charge on any atom is -0.303 e. The molecule has 0 fully saturated rings. The van der Waals surface area contributed by atoms with Crippen LogP contribution in [0.2, 0.25) is 0 Å². The predicted molar refractivity (Wildman–Crippen MR) is 53.2 cm³/mol. The number of carbonyl (C=O) groups excluding carboxylic acids is 1. The molecule has 0 rings (SSSR count). The van der Waals surface area contributed by atoms with Crippen LogP contribution in [0.25, 0.3) is 0 Å². The first-order chi connectivity index (χ1) is 5.74. The van der Waals surface area contributed by atoms with Gasteiger partial charge in [0, 0.05) is 6.42 Å². The zero-order chi connectivity index (χ0) is 9.40. The minimum absolute atomic E-state index is 0.722. The Balaban J connectivity index is 3.50. The van der Waals surface area contributed by atoms with Crippen molar-refractivity contribution in [1.82, 2.24) is 0 Å². The van der Waals surface area contributed by atoms with Crippen molar-refractivity contribution in [2.75, 3.05) is 0 Å². The molecule has 1 unspecified atom stereocenters. The molecule has 0 N–H and O–H groups in total. The summed E-state index contributed by atoms with van der Waals surface area (Å²) in [7, 11) is 0. The molecular formula is C11H22O. The van der Waals surface area contributed by atoms with Crippen LogP contribution in [0.1, 0.15) is 52.9 Å². The van der Waals surface area contributed by atoms with Gasteiger partial charge >= 0.3 is 0 Å². The summed E-state index contributed by atoms with van der Waals surface area (Å²) < 4.78 is 0. The standard InChI is InChI=1S/C11H22O/c1-4-11(5-2)9-10(3)7-6-8-12/h8,10-11H,4-7,9H2,1-3H3. The molecule has 0 saturated carbocycles. The quantitative estimate of drug-likeness (QED) is 0.535. The third-order valence-electron chi connectivity index (χ3n) is 2.67. The Labute approximate surface area is 76.6 Å². The smallest absolute Gasteiger partial charge is 0.120 e. The van der Waals surface area contributed by atoms with Crippen LogP contribution in [0.3, 0.4) is 0 Å². The van der Waals surface area contributed by atoms with E-state index in [4.69, 9.17) is 0 Å². The molecule has 0 aliphatic rings. The highest BCUT2D eigenvalue weighted by atomic mass is 16.1. The van der Waals surface area contributed by atoms with Crippen molar-refractivity contribution in [3.63, 3.8) is 0 Å². The molecule has 0 aromatic carbocycles. The van der Waals surface area contributed by atoms with Crippen LogP contribution in [0.5, 0.6) is 0 Å². The average molecular weight is 170 g/mol. The van der Waals surface area contributed by atoms with Crippen LogP contribution in [0.4, 0.5) is 0 Å². The van der Waals surface area contributed by atoms with Gasteiger partial charge in [-0.1, -0.05) is 33.6 Å². The van der Waals surface area contributed by atoms with Crippen LogP contribution in [0.15, 0.2) is 0 Å². The first-order valence-corrected chi connectivity index (χ1v) is 5.18. The van der Waals surface area contributed by atoms with Gasteiger partial charge in [-0.25, -0.2) is 0 Å². The van der Waals surface area contributed by atoms with E-state index in [2.05, 4.69) is 20.8 Å². The van der Waals surface area contributed by atoms with Crippen molar-refractivity contribution in [3.05, 3.63) is 0 Å². The van der Waals surface area contributed by atoms with Gasteiger partial charge in [-0.3, -0.25) is 0 Å². The van der Waals surface area contributed by atoms with Gasteiger partial charge in [0.05, 0.1) is 0 Å². The lowest BCUT2D eigenvalue weighted by Crippen LogP contribution is -2.04. The van der Waals surface area contributed by atoms with E-state index in [0.29, 0.717) is 0 Å². The Morgan fingerprint density at radius 3 is 2.25 bits per heavy atom. The minimum atomic E-state index is 0.722. The third-order valence-corrected chi connectivity index (χ3v) is 2.67. The van der Waals surface area contributed by atoms with Gasteiger partial charge in [0.15, 0.2) is 0 Å². The van der Waals surface area contributed by atoms with Crippen molar-refractivity contribution >= 4 is 6.29 Å². The van der Waals surface area contributed by atoms with Crippen molar-refractivity contribution in [3.8, 4) is 0 Å². The van der Waals surface area contributed by atoms with Crippen LogP contribution in [-0.4, -0.2) is 6.29 Å². The fraction of sp³-hybridized carbons (Fsp3) is 0.909. The highest BCUT2D eigenvalue weighted by Crippen LogP contribution is 2.21. The highest BCUT2D eigenvalue weighted by Gasteiger charge is 2.08. The topological polar surface area (TPSA) is 17.1 Å². The maximum atomic E-state index is 10.1. The van der Waals surface area contributed by atoms with E-state index in [-0.39, 0.29) is 0 Å². The molecule has 0 aliphatic heterocycles. The number of hydrogen-bond acceptors (Lipinski definition) is 1. The fourth-order valence-electron chi connectivity index (χ4n) is 1.66. The van der Waals surface area contributed by atoms with Gasteiger partial charge in [0.1, 0.15) is 6.29 Å². The molecule has 0 spiro atoms. The summed E-state index contributed by atoms with van der Waals surface area (Å²) in [6, 6.07) is 0. The fourth-order valence-corrected chi connectivity index (χ4v) is 1.66. The maximum Gasteiger partial charge on any atom is 0.120 e. The van der Waals surface area contributed by atoms with E-state index in [1.807, 2.05) is 0 Å². The lowest BCUT2D eigenvalue weighted by atomic mass is 9.89. The average Bonchev–Trinajstić information content (AvgIpc) is 2.10.